The Bertz CT molecular complexity index is 952. The molecule has 3 unspecified atom stereocenters. The number of hydrogen-bond acceptors (Lipinski definition) is 5. The maximum absolute atomic E-state index is 13.9. The number of ether oxygens (including phenoxy) is 2. The summed E-state index contributed by atoms with van der Waals surface area (Å²) in [6.07, 6.45) is 44.0. The van der Waals surface area contributed by atoms with Gasteiger partial charge in [-0.15, -0.1) is 0 Å². The highest BCUT2D eigenvalue weighted by Crippen LogP contribution is 2.25. The second-order valence-electron chi connectivity index (χ2n) is 19.7. The Morgan fingerprint density at radius 2 is 0.746 bits per heavy atom. The quantitative estimate of drug-likeness (QED) is 0.0345. The molecule has 3 atom stereocenters. The summed E-state index contributed by atoms with van der Waals surface area (Å²) in [6.45, 7) is 15.7. The number of esters is 2. The predicted molar refractivity (Wildman–Crippen MR) is 276 cm³/mol. The number of carbonyl (C=O) groups excluding carboxylic acids is 3. The molecular formula is C56H108BrNO5. The Balaban J connectivity index is 4.99. The van der Waals surface area contributed by atoms with E-state index in [9.17, 15) is 14.4 Å². The summed E-state index contributed by atoms with van der Waals surface area (Å²) < 4.78 is 11.6. The van der Waals surface area contributed by atoms with E-state index in [2.05, 4.69) is 62.4 Å². The van der Waals surface area contributed by atoms with E-state index in [0.717, 1.165) is 95.3 Å². The summed E-state index contributed by atoms with van der Waals surface area (Å²) in [4.78, 5) is 41.5. The van der Waals surface area contributed by atoms with Crippen LogP contribution in [0.25, 0.3) is 0 Å². The van der Waals surface area contributed by atoms with Crippen molar-refractivity contribution in [2.75, 3.05) is 25.1 Å². The van der Waals surface area contributed by atoms with E-state index in [1.54, 1.807) is 0 Å². The van der Waals surface area contributed by atoms with Gasteiger partial charge in [-0.05, 0) is 88.4 Å². The molecule has 1 amide bonds. The van der Waals surface area contributed by atoms with E-state index in [1.807, 2.05) is 0 Å². The molecule has 0 aromatic rings. The van der Waals surface area contributed by atoms with Crippen molar-refractivity contribution in [1.82, 2.24) is 4.90 Å². The zero-order valence-electron chi connectivity index (χ0n) is 43.1. The molecule has 0 aliphatic carbocycles. The van der Waals surface area contributed by atoms with E-state index in [0.29, 0.717) is 62.2 Å². The molecule has 0 heterocycles. The second kappa shape index (κ2) is 47.4. The van der Waals surface area contributed by atoms with Crippen molar-refractivity contribution < 1.29 is 23.9 Å². The van der Waals surface area contributed by atoms with Crippen LogP contribution in [0.4, 0.5) is 0 Å². The van der Waals surface area contributed by atoms with Gasteiger partial charge in [0, 0.05) is 37.2 Å². The minimum atomic E-state index is -0.00678. The highest BCUT2D eigenvalue weighted by molar-refractivity contribution is 9.09. The zero-order chi connectivity index (χ0) is 46.4. The normalized spacial score (nSPS) is 13.4. The van der Waals surface area contributed by atoms with Crippen molar-refractivity contribution in [3.05, 3.63) is 0 Å². The maximum atomic E-state index is 13.9. The smallest absolute Gasteiger partial charge is 0.305 e. The van der Waals surface area contributed by atoms with E-state index >= 15 is 0 Å². The first-order chi connectivity index (χ1) is 30.8. The zero-order valence-corrected chi connectivity index (χ0v) is 44.7. The van der Waals surface area contributed by atoms with Crippen LogP contribution in [-0.4, -0.2) is 53.9 Å². The highest BCUT2D eigenvalue weighted by atomic mass is 79.9. The van der Waals surface area contributed by atoms with Gasteiger partial charge >= 0.3 is 11.9 Å². The molecule has 63 heavy (non-hydrogen) atoms. The number of carbonyl (C=O) groups is 3. The Morgan fingerprint density at radius 1 is 0.397 bits per heavy atom. The molecule has 0 bridgehead atoms. The number of unbranched alkanes of at least 4 members (excludes halogenated alkanes) is 20. The summed E-state index contributed by atoms with van der Waals surface area (Å²) in [6, 6.07) is 0.322. The molecule has 0 aromatic carbocycles. The van der Waals surface area contributed by atoms with Crippen LogP contribution < -0.4 is 0 Å². The Kier molecular flexibility index (Phi) is 46.6. The van der Waals surface area contributed by atoms with Gasteiger partial charge in [0.2, 0.25) is 5.91 Å². The molecule has 0 aromatic heterocycles. The molecule has 0 spiro atoms. The van der Waals surface area contributed by atoms with Crippen molar-refractivity contribution >= 4 is 33.8 Å². The minimum absolute atomic E-state index is 0.00678. The fraction of sp³-hybridized carbons (Fsp3) is 0.946. The van der Waals surface area contributed by atoms with Crippen LogP contribution in [0.1, 0.15) is 292 Å². The summed E-state index contributed by atoms with van der Waals surface area (Å²) in [5.41, 5.74) is 0. The lowest BCUT2D eigenvalue weighted by atomic mass is 9.94. The van der Waals surface area contributed by atoms with E-state index in [4.69, 9.17) is 9.47 Å². The van der Waals surface area contributed by atoms with Crippen LogP contribution in [0.2, 0.25) is 0 Å². The van der Waals surface area contributed by atoms with Gasteiger partial charge in [-0.1, -0.05) is 218 Å². The van der Waals surface area contributed by atoms with Crippen molar-refractivity contribution in [1.29, 1.82) is 0 Å². The molecule has 0 saturated heterocycles. The number of hydrogen-bond donors (Lipinski definition) is 0. The van der Waals surface area contributed by atoms with E-state index < -0.39 is 0 Å². The second-order valence-corrected chi connectivity index (χ2v) is 20.5. The van der Waals surface area contributed by atoms with Gasteiger partial charge in [0.25, 0.3) is 0 Å². The molecule has 0 saturated carbocycles. The molecule has 0 radical (unpaired) electrons. The van der Waals surface area contributed by atoms with E-state index in [-0.39, 0.29) is 11.9 Å². The van der Waals surface area contributed by atoms with Gasteiger partial charge in [0.15, 0.2) is 0 Å². The average molecular weight is 955 g/mol. The van der Waals surface area contributed by atoms with Gasteiger partial charge in [0.1, 0.15) is 0 Å². The number of halogens is 1. The lowest BCUT2D eigenvalue weighted by molar-refractivity contribution is -0.146. The minimum Gasteiger partial charge on any atom is -0.465 e. The molecule has 7 heteroatoms. The van der Waals surface area contributed by atoms with Crippen LogP contribution in [0.15, 0.2) is 0 Å². The van der Waals surface area contributed by atoms with Crippen molar-refractivity contribution in [2.45, 2.75) is 298 Å². The number of alkyl halides is 1. The molecule has 374 valence electrons. The third kappa shape index (κ3) is 38.7. The predicted octanol–water partition coefficient (Wildman–Crippen LogP) is 17.8. The monoisotopic (exact) mass is 954 g/mol. The Labute approximate surface area is 401 Å². The van der Waals surface area contributed by atoms with Gasteiger partial charge in [0.05, 0.1) is 13.2 Å². The third-order valence-electron chi connectivity index (χ3n) is 13.7. The first-order valence-corrected chi connectivity index (χ1v) is 29.1. The third-order valence-corrected chi connectivity index (χ3v) is 14.3. The highest BCUT2D eigenvalue weighted by Gasteiger charge is 2.25. The average Bonchev–Trinajstić information content (AvgIpc) is 3.29. The summed E-state index contributed by atoms with van der Waals surface area (Å²) in [5, 5.41) is 0.956. The van der Waals surface area contributed by atoms with E-state index in [1.165, 1.54) is 148 Å². The number of rotatable bonds is 49. The SMILES string of the molecule is CCCCCCC(CCCC)COC(=O)CCCCCCCCC(CCCCCCCCC(=O)OCC(CCCC)CCCCCC)N(CC(CC)CCCC)C(=O)CCCCBr. The van der Waals surface area contributed by atoms with Crippen molar-refractivity contribution in [3.63, 3.8) is 0 Å². The fourth-order valence-corrected chi connectivity index (χ4v) is 9.62. The molecule has 0 fully saturated rings. The Hall–Kier alpha value is -1.11. The van der Waals surface area contributed by atoms with Gasteiger partial charge in [-0.25, -0.2) is 0 Å². The first kappa shape index (κ1) is 61.9. The molecular weight excluding hydrogens is 847 g/mol. The van der Waals surface area contributed by atoms with Crippen molar-refractivity contribution in [3.8, 4) is 0 Å². The lowest BCUT2D eigenvalue weighted by Gasteiger charge is -2.35. The number of nitrogens with zero attached hydrogens (tertiary/aromatic N) is 1. The molecule has 0 N–H and O–H groups in total. The molecule has 0 aliphatic heterocycles. The van der Waals surface area contributed by atoms with Crippen LogP contribution in [0.3, 0.4) is 0 Å². The van der Waals surface area contributed by atoms with Gasteiger partial charge in [-0.2, -0.15) is 0 Å². The molecule has 0 aliphatic rings. The van der Waals surface area contributed by atoms with Crippen LogP contribution >= 0.6 is 15.9 Å². The number of amides is 1. The first-order valence-electron chi connectivity index (χ1n) is 28.0. The van der Waals surface area contributed by atoms with Crippen molar-refractivity contribution in [2.24, 2.45) is 17.8 Å². The molecule has 6 nitrogen and oxygen atoms in total. The van der Waals surface area contributed by atoms with Gasteiger partial charge in [-0.3, -0.25) is 14.4 Å². The summed E-state index contributed by atoms with van der Waals surface area (Å²) >= 11 is 3.58. The lowest BCUT2D eigenvalue weighted by Crippen LogP contribution is -2.43. The topological polar surface area (TPSA) is 72.9 Å². The van der Waals surface area contributed by atoms with Crippen LogP contribution in [0, 0.1) is 17.8 Å². The fourth-order valence-electron chi connectivity index (χ4n) is 9.23. The maximum Gasteiger partial charge on any atom is 0.305 e. The standard InChI is InChI=1S/C56H108BrNO5/c1-7-13-18-28-39-51(37-16-10-4)48-62-55(60)44-32-26-22-20-24-30-41-53(58(54(59)43-34-35-46-57)47-50(12-6)36-15-9-3)42-31-25-21-23-27-33-45-56(61)63-49-52(38-17-11-5)40-29-19-14-8-2/h50-53H,7-49H2,1-6H3. The summed E-state index contributed by atoms with van der Waals surface area (Å²) in [5.74, 6) is 1.98. The van der Waals surface area contributed by atoms with Crippen LogP contribution in [0.5, 0.6) is 0 Å². The largest absolute Gasteiger partial charge is 0.465 e. The summed E-state index contributed by atoms with van der Waals surface area (Å²) in [7, 11) is 0. The van der Waals surface area contributed by atoms with Crippen LogP contribution in [-0.2, 0) is 23.9 Å². The Morgan fingerprint density at radius 3 is 1.16 bits per heavy atom. The van der Waals surface area contributed by atoms with Gasteiger partial charge < -0.3 is 14.4 Å². The molecule has 0 rings (SSSR count).